The summed E-state index contributed by atoms with van der Waals surface area (Å²) in [6.45, 7) is 0.815. The van der Waals surface area contributed by atoms with E-state index < -0.39 is 5.54 Å². The molecular weight excluding hydrogens is 332 g/mol. The Balaban J connectivity index is 1.65. The van der Waals surface area contributed by atoms with Crippen LogP contribution in [0.4, 0.5) is 5.69 Å². The number of ether oxygens (including phenoxy) is 1. The van der Waals surface area contributed by atoms with Crippen molar-refractivity contribution in [3.8, 4) is 11.3 Å². The second kappa shape index (κ2) is 5.45. The quantitative estimate of drug-likeness (QED) is 0.842. The Morgan fingerprint density at radius 2 is 2.27 bits per heavy atom. The van der Waals surface area contributed by atoms with Gasteiger partial charge in [0.1, 0.15) is 11.3 Å². The molecule has 1 aromatic heterocycles. The standard InChI is InChI=1S/C20H20N2O4/c1-25-18(23)13-11-20(22-8-2-4-16(13)22)14-10-12(17-5-3-9-26-17)6-7-15(14)21-19(20)24/h3,5-7,9-10,13,16H,2,4,8,11H2,1H3,(H,21,24). The number of furan rings is 1. The molecule has 1 aromatic carbocycles. The molecule has 0 bridgehead atoms. The second-order valence-electron chi connectivity index (χ2n) is 7.29. The van der Waals surface area contributed by atoms with Gasteiger partial charge in [-0.25, -0.2) is 0 Å². The molecule has 2 saturated heterocycles. The molecule has 6 nitrogen and oxygen atoms in total. The van der Waals surface area contributed by atoms with Crippen LogP contribution in [0.1, 0.15) is 24.8 Å². The number of methoxy groups -OCH3 is 1. The van der Waals surface area contributed by atoms with Crippen molar-refractivity contribution in [3.63, 3.8) is 0 Å². The molecule has 0 aliphatic carbocycles. The minimum absolute atomic E-state index is 0.0394. The van der Waals surface area contributed by atoms with Gasteiger partial charge in [-0.05, 0) is 56.1 Å². The average Bonchev–Trinajstić information content (AvgIpc) is 3.40. The lowest BCUT2D eigenvalue weighted by atomic mass is 9.83. The highest BCUT2D eigenvalue weighted by Gasteiger charge is 2.63. The number of esters is 1. The van der Waals surface area contributed by atoms with E-state index in [0.717, 1.165) is 42.0 Å². The third-order valence-electron chi connectivity index (χ3n) is 6.17. The summed E-state index contributed by atoms with van der Waals surface area (Å²) in [7, 11) is 1.42. The van der Waals surface area contributed by atoms with E-state index in [0.29, 0.717) is 6.42 Å². The fourth-order valence-corrected chi connectivity index (χ4v) is 5.08. The number of amides is 1. The van der Waals surface area contributed by atoms with E-state index in [1.165, 1.54) is 7.11 Å². The van der Waals surface area contributed by atoms with E-state index >= 15 is 0 Å². The molecule has 1 amide bonds. The van der Waals surface area contributed by atoms with Crippen LogP contribution in [-0.4, -0.2) is 36.5 Å². The minimum atomic E-state index is -0.794. The van der Waals surface area contributed by atoms with Crippen molar-refractivity contribution in [1.82, 2.24) is 4.90 Å². The molecule has 5 rings (SSSR count). The van der Waals surface area contributed by atoms with Crippen molar-refractivity contribution in [2.24, 2.45) is 5.92 Å². The van der Waals surface area contributed by atoms with Gasteiger partial charge in [0.15, 0.2) is 0 Å². The zero-order valence-corrected chi connectivity index (χ0v) is 14.5. The molecule has 3 aliphatic rings. The number of benzene rings is 1. The van der Waals surface area contributed by atoms with Crippen molar-refractivity contribution in [2.45, 2.75) is 30.8 Å². The first-order chi connectivity index (χ1) is 12.6. The topological polar surface area (TPSA) is 71.8 Å². The van der Waals surface area contributed by atoms with Gasteiger partial charge < -0.3 is 14.5 Å². The molecule has 3 aliphatic heterocycles. The van der Waals surface area contributed by atoms with E-state index in [9.17, 15) is 9.59 Å². The number of nitrogens with one attached hydrogen (secondary N) is 1. The molecule has 1 N–H and O–H groups in total. The average molecular weight is 352 g/mol. The van der Waals surface area contributed by atoms with Gasteiger partial charge >= 0.3 is 5.97 Å². The van der Waals surface area contributed by atoms with Gasteiger partial charge in [-0.1, -0.05) is 0 Å². The number of rotatable bonds is 2. The molecule has 3 unspecified atom stereocenters. The molecule has 6 heteroatoms. The summed E-state index contributed by atoms with van der Waals surface area (Å²) in [5, 5.41) is 3.03. The van der Waals surface area contributed by atoms with E-state index in [2.05, 4.69) is 10.2 Å². The van der Waals surface area contributed by atoms with Gasteiger partial charge in [-0.3, -0.25) is 14.5 Å². The van der Waals surface area contributed by atoms with Crippen molar-refractivity contribution >= 4 is 17.6 Å². The maximum Gasteiger partial charge on any atom is 0.310 e. The summed E-state index contributed by atoms with van der Waals surface area (Å²) in [6, 6.07) is 9.72. The highest BCUT2D eigenvalue weighted by Crippen LogP contribution is 2.55. The highest BCUT2D eigenvalue weighted by atomic mass is 16.5. The van der Waals surface area contributed by atoms with Crippen molar-refractivity contribution < 1.29 is 18.7 Å². The maximum absolute atomic E-state index is 13.1. The predicted molar refractivity (Wildman–Crippen MR) is 94.3 cm³/mol. The highest BCUT2D eigenvalue weighted by molar-refractivity contribution is 6.07. The third kappa shape index (κ3) is 1.90. The summed E-state index contributed by atoms with van der Waals surface area (Å²) in [6.07, 6.45) is 4.01. The Bertz CT molecular complexity index is 891. The van der Waals surface area contributed by atoms with Crippen LogP contribution in [0.3, 0.4) is 0 Å². The number of hydrogen-bond acceptors (Lipinski definition) is 5. The summed E-state index contributed by atoms with van der Waals surface area (Å²) in [5.41, 5.74) is 1.90. The summed E-state index contributed by atoms with van der Waals surface area (Å²) < 4.78 is 10.6. The number of anilines is 1. The van der Waals surface area contributed by atoms with Crippen LogP contribution in [0.5, 0.6) is 0 Å². The lowest BCUT2D eigenvalue weighted by molar-refractivity contribution is -0.146. The van der Waals surface area contributed by atoms with Crippen LogP contribution in [0, 0.1) is 5.92 Å². The van der Waals surface area contributed by atoms with Crippen LogP contribution >= 0.6 is 0 Å². The molecule has 0 radical (unpaired) electrons. The van der Waals surface area contributed by atoms with Gasteiger partial charge in [0, 0.05) is 22.9 Å². The van der Waals surface area contributed by atoms with E-state index in [-0.39, 0.29) is 23.8 Å². The first-order valence-corrected chi connectivity index (χ1v) is 8.99. The molecule has 26 heavy (non-hydrogen) atoms. The molecule has 0 saturated carbocycles. The Labute approximate surface area is 151 Å². The number of fused-ring (bicyclic) bond motifs is 4. The number of carbonyl (C=O) groups excluding carboxylic acids is 2. The normalized spacial score (nSPS) is 29.7. The van der Waals surface area contributed by atoms with E-state index in [4.69, 9.17) is 9.15 Å². The molecule has 4 heterocycles. The summed E-state index contributed by atoms with van der Waals surface area (Å²) in [5.74, 6) is 0.235. The first-order valence-electron chi connectivity index (χ1n) is 8.99. The predicted octanol–water partition coefficient (Wildman–Crippen LogP) is 2.75. The first kappa shape index (κ1) is 15.6. The molecule has 2 aromatic rings. The van der Waals surface area contributed by atoms with E-state index in [1.807, 2.05) is 30.3 Å². The molecular formula is C20H20N2O4. The smallest absolute Gasteiger partial charge is 0.310 e. The van der Waals surface area contributed by atoms with Gasteiger partial charge in [-0.2, -0.15) is 0 Å². The molecule has 2 fully saturated rings. The largest absolute Gasteiger partial charge is 0.469 e. The lowest BCUT2D eigenvalue weighted by Crippen LogP contribution is -2.47. The van der Waals surface area contributed by atoms with Crippen LogP contribution in [0.2, 0.25) is 0 Å². The van der Waals surface area contributed by atoms with Crippen LogP contribution < -0.4 is 5.32 Å². The number of hydrogen-bond donors (Lipinski definition) is 1. The Kier molecular flexibility index (Phi) is 3.28. The Morgan fingerprint density at radius 1 is 1.38 bits per heavy atom. The molecule has 1 spiro atoms. The van der Waals surface area contributed by atoms with Crippen LogP contribution in [0.15, 0.2) is 41.0 Å². The van der Waals surface area contributed by atoms with E-state index in [1.54, 1.807) is 6.26 Å². The monoisotopic (exact) mass is 352 g/mol. The minimum Gasteiger partial charge on any atom is -0.469 e. The van der Waals surface area contributed by atoms with Gasteiger partial charge in [0.25, 0.3) is 0 Å². The van der Waals surface area contributed by atoms with Gasteiger partial charge in [0.05, 0.1) is 19.3 Å². The zero-order valence-electron chi connectivity index (χ0n) is 14.5. The van der Waals surface area contributed by atoms with Gasteiger partial charge in [-0.15, -0.1) is 0 Å². The third-order valence-corrected chi connectivity index (χ3v) is 6.17. The van der Waals surface area contributed by atoms with Crippen molar-refractivity contribution in [3.05, 3.63) is 42.2 Å². The van der Waals surface area contributed by atoms with Gasteiger partial charge in [0.2, 0.25) is 5.91 Å². The maximum atomic E-state index is 13.1. The van der Waals surface area contributed by atoms with Crippen molar-refractivity contribution in [2.75, 3.05) is 19.0 Å². The lowest BCUT2D eigenvalue weighted by Gasteiger charge is -2.32. The second-order valence-corrected chi connectivity index (χ2v) is 7.29. The molecule has 3 atom stereocenters. The Hall–Kier alpha value is -2.60. The SMILES string of the molecule is COC(=O)C1CC2(C(=O)Nc3ccc(-c4ccco4)cc32)N2CCCC12. The summed E-state index contributed by atoms with van der Waals surface area (Å²) in [4.78, 5) is 27.7. The number of carbonyl (C=O) groups is 2. The van der Waals surface area contributed by atoms with Crippen LogP contribution in [0.25, 0.3) is 11.3 Å². The fourth-order valence-electron chi connectivity index (χ4n) is 5.08. The van der Waals surface area contributed by atoms with Crippen molar-refractivity contribution in [1.29, 1.82) is 0 Å². The fraction of sp³-hybridized carbons (Fsp3) is 0.400. The zero-order chi connectivity index (χ0) is 17.9. The summed E-state index contributed by atoms with van der Waals surface area (Å²) >= 11 is 0. The molecule has 134 valence electrons. The number of nitrogens with zero attached hydrogens (tertiary/aromatic N) is 1. The van der Waals surface area contributed by atoms with Crippen LogP contribution in [-0.2, 0) is 19.9 Å². The Morgan fingerprint density at radius 3 is 3.04 bits per heavy atom.